The Kier molecular flexibility index (Phi) is 7.06. The largest absolute Gasteiger partial charge is 0.383 e. The van der Waals surface area contributed by atoms with E-state index < -0.39 is 0 Å². The van der Waals surface area contributed by atoms with Gasteiger partial charge in [0.15, 0.2) is 0 Å². The van der Waals surface area contributed by atoms with Crippen LogP contribution in [0.4, 0.5) is 0 Å². The molecule has 0 spiro atoms. The molecule has 2 N–H and O–H groups in total. The van der Waals surface area contributed by atoms with Gasteiger partial charge in [0.2, 0.25) is 5.91 Å². The van der Waals surface area contributed by atoms with Crippen molar-refractivity contribution in [3.63, 3.8) is 0 Å². The summed E-state index contributed by atoms with van der Waals surface area (Å²) in [6.45, 7) is 7.09. The predicted molar refractivity (Wildman–Crippen MR) is 71.5 cm³/mol. The Labute approximate surface area is 113 Å². The summed E-state index contributed by atoms with van der Waals surface area (Å²) in [6, 6.07) is 0. The smallest absolute Gasteiger partial charge is 0.241 e. The molecule has 108 valence electrons. The molecule has 0 radical (unpaired) electrons. The molecular formula is C12H23N5O2. The van der Waals surface area contributed by atoms with E-state index in [9.17, 15) is 4.79 Å². The maximum atomic E-state index is 11.5. The summed E-state index contributed by atoms with van der Waals surface area (Å²) in [5.74, 6) is 0.505. The molecule has 0 atom stereocenters. The molecule has 0 bridgehead atoms. The van der Waals surface area contributed by atoms with E-state index in [4.69, 9.17) is 4.74 Å². The van der Waals surface area contributed by atoms with Gasteiger partial charge in [-0.05, 0) is 12.5 Å². The van der Waals surface area contributed by atoms with Gasteiger partial charge in [0, 0.05) is 20.2 Å². The fraction of sp³-hybridized carbons (Fsp3) is 0.750. The lowest BCUT2D eigenvalue weighted by Gasteiger charge is -2.04. The number of ether oxygens (including phenoxy) is 1. The summed E-state index contributed by atoms with van der Waals surface area (Å²) in [6.07, 6.45) is 1.78. The van der Waals surface area contributed by atoms with Gasteiger partial charge in [-0.25, -0.2) is 4.68 Å². The van der Waals surface area contributed by atoms with Gasteiger partial charge in [-0.1, -0.05) is 19.1 Å². The fourth-order valence-electron chi connectivity index (χ4n) is 1.48. The van der Waals surface area contributed by atoms with Gasteiger partial charge in [0.1, 0.15) is 6.54 Å². The van der Waals surface area contributed by atoms with Crippen molar-refractivity contribution in [2.45, 2.75) is 26.9 Å². The Bertz CT molecular complexity index is 378. The Morgan fingerprint density at radius 1 is 1.53 bits per heavy atom. The number of carbonyl (C=O) groups is 1. The van der Waals surface area contributed by atoms with Gasteiger partial charge in [-0.2, -0.15) is 0 Å². The Morgan fingerprint density at radius 3 is 3.00 bits per heavy atom. The third-order valence-corrected chi connectivity index (χ3v) is 2.38. The number of methoxy groups -OCH3 is 1. The predicted octanol–water partition coefficient (Wildman–Crippen LogP) is -0.214. The van der Waals surface area contributed by atoms with Gasteiger partial charge in [-0.15, -0.1) is 5.10 Å². The Morgan fingerprint density at radius 2 is 2.32 bits per heavy atom. The van der Waals surface area contributed by atoms with Crippen LogP contribution in [-0.2, 0) is 22.6 Å². The van der Waals surface area contributed by atoms with E-state index in [0.29, 0.717) is 25.6 Å². The number of nitrogens with zero attached hydrogens (tertiary/aromatic N) is 3. The van der Waals surface area contributed by atoms with Crippen LogP contribution in [-0.4, -0.2) is 47.7 Å². The first-order valence-corrected chi connectivity index (χ1v) is 6.47. The fourth-order valence-corrected chi connectivity index (χ4v) is 1.48. The summed E-state index contributed by atoms with van der Waals surface area (Å²) in [7, 11) is 1.60. The van der Waals surface area contributed by atoms with Crippen LogP contribution in [0.3, 0.4) is 0 Å². The van der Waals surface area contributed by atoms with Crippen LogP contribution >= 0.6 is 0 Å². The third kappa shape index (κ3) is 6.88. The van der Waals surface area contributed by atoms with Crippen molar-refractivity contribution in [3.05, 3.63) is 11.9 Å². The van der Waals surface area contributed by atoms with Gasteiger partial charge >= 0.3 is 0 Å². The second-order valence-corrected chi connectivity index (χ2v) is 4.77. The highest BCUT2D eigenvalue weighted by atomic mass is 16.5. The lowest BCUT2D eigenvalue weighted by Crippen LogP contribution is -2.30. The van der Waals surface area contributed by atoms with Crippen molar-refractivity contribution >= 4 is 5.91 Å². The molecule has 0 fully saturated rings. The molecule has 0 unspecified atom stereocenters. The lowest BCUT2D eigenvalue weighted by molar-refractivity contribution is -0.122. The Hall–Kier alpha value is -1.47. The van der Waals surface area contributed by atoms with E-state index in [0.717, 1.165) is 12.2 Å². The summed E-state index contributed by atoms with van der Waals surface area (Å²) < 4.78 is 6.39. The highest BCUT2D eigenvalue weighted by molar-refractivity contribution is 5.75. The first-order chi connectivity index (χ1) is 9.11. The maximum absolute atomic E-state index is 11.5. The number of hydrogen-bond acceptors (Lipinski definition) is 5. The summed E-state index contributed by atoms with van der Waals surface area (Å²) in [5.41, 5.74) is 0.838. The first kappa shape index (κ1) is 15.6. The molecule has 0 saturated heterocycles. The average Bonchev–Trinajstić information content (AvgIpc) is 2.76. The van der Waals surface area contributed by atoms with Crippen LogP contribution in [0.25, 0.3) is 0 Å². The van der Waals surface area contributed by atoms with Crippen molar-refractivity contribution in [2.75, 3.05) is 26.8 Å². The molecule has 0 aliphatic rings. The summed E-state index contributed by atoms with van der Waals surface area (Å²) in [4.78, 5) is 11.5. The van der Waals surface area contributed by atoms with Gasteiger partial charge in [-0.3, -0.25) is 4.79 Å². The second-order valence-electron chi connectivity index (χ2n) is 4.77. The highest BCUT2D eigenvalue weighted by Gasteiger charge is 2.05. The standard InChI is InChI=1S/C12H23N5O2/c1-10(2)6-13-7-11-8-17(16-15-11)9-12(18)14-4-5-19-3/h8,10,13H,4-7,9H2,1-3H3,(H,14,18). The van der Waals surface area contributed by atoms with Crippen molar-refractivity contribution in [3.8, 4) is 0 Å². The third-order valence-electron chi connectivity index (χ3n) is 2.38. The van der Waals surface area contributed by atoms with E-state index in [1.165, 1.54) is 4.68 Å². The molecule has 0 aliphatic heterocycles. The average molecular weight is 269 g/mol. The topological polar surface area (TPSA) is 81.1 Å². The minimum absolute atomic E-state index is 0.0939. The van der Waals surface area contributed by atoms with Crippen LogP contribution < -0.4 is 10.6 Å². The Balaban J connectivity index is 2.27. The van der Waals surface area contributed by atoms with Crippen LogP contribution in [0.2, 0.25) is 0 Å². The number of rotatable bonds is 9. The van der Waals surface area contributed by atoms with Crippen LogP contribution in [0, 0.1) is 5.92 Å². The van der Waals surface area contributed by atoms with Crippen LogP contribution in [0.1, 0.15) is 19.5 Å². The van der Waals surface area contributed by atoms with Crippen molar-refractivity contribution < 1.29 is 9.53 Å². The molecule has 7 heteroatoms. The number of carbonyl (C=O) groups excluding carboxylic acids is 1. The van der Waals surface area contributed by atoms with Gasteiger partial charge in [0.05, 0.1) is 18.5 Å². The molecule has 1 heterocycles. The SMILES string of the molecule is COCCNC(=O)Cn1cc(CNCC(C)C)nn1. The quantitative estimate of drug-likeness (QED) is 0.606. The number of amides is 1. The first-order valence-electron chi connectivity index (χ1n) is 6.47. The molecular weight excluding hydrogens is 246 g/mol. The van der Waals surface area contributed by atoms with E-state index >= 15 is 0 Å². The molecule has 1 aromatic rings. The molecule has 19 heavy (non-hydrogen) atoms. The van der Waals surface area contributed by atoms with E-state index in [-0.39, 0.29) is 12.5 Å². The maximum Gasteiger partial charge on any atom is 0.241 e. The minimum Gasteiger partial charge on any atom is -0.383 e. The molecule has 0 aliphatic carbocycles. The highest BCUT2D eigenvalue weighted by Crippen LogP contribution is 1.94. The van der Waals surface area contributed by atoms with Gasteiger partial charge in [0.25, 0.3) is 0 Å². The number of aromatic nitrogens is 3. The molecule has 0 aromatic carbocycles. The van der Waals surface area contributed by atoms with E-state index in [1.54, 1.807) is 13.3 Å². The summed E-state index contributed by atoms with van der Waals surface area (Å²) in [5, 5.41) is 13.9. The molecule has 1 rings (SSSR count). The van der Waals surface area contributed by atoms with Crippen molar-refractivity contribution in [1.82, 2.24) is 25.6 Å². The number of hydrogen-bond donors (Lipinski definition) is 2. The zero-order valence-electron chi connectivity index (χ0n) is 11.8. The van der Waals surface area contributed by atoms with Crippen LogP contribution in [0.15, 0.2) is 6.20 Å². The molecule has 1 aromatic heterocycles. The van der Waals surface area contributed by atoms with Crippen molar-refractivity contribution in [2.24, 2.45) is 5.92 Å². The van der Waals surface area contributed by atoms with Gasteiger partial charge < -0.3 is 15.4 Å². The molecule has 0 saturated carbocycles. The lowest BCUT2D eigenvalue weighted by atomic mass is 10.2. The van der Waals surface area contributed by atoms with Crippen molar-refractivity contribution in [1.29, 1.82) is 0 Å². The van der Waals surface area contributed by atoms with Crippen LogP contribution in [0.5, 0.6) is 0 Å². The van der Waals surface area contributed by atoms with E-state index in [1.807, 2.05) is 0 Å². The second kappa shape index (κ2) is 8.60. The monoisotopic (exact) mass is 269 g/mol. The zero-order chi connectivity index (χ0) is 14.1. The van der Waals surface area contributed by atoms with E-state index in [2.05, 4.69) is 34.8 Å². The molecule has 7 nitrogen and oxygen atoms in total. The normalized spacial score (nSPS) is 10.9. The summed E-state index contributed by atoms with van der Waals surface area (Å²) >= 11 is 0. The zero-order valence-corrected chi connectivity index (χ0v) is 11.8. The number of nitrogens with one attached hydrogen (secondary N) is 2. The minimum atomic E-state index is -0.0939. The molecule has 1 amide bonds.